The van der Waals surface area contributed by atoms with Crippen LogP contribution < -0.4 is 10.3 Å². The van der Waals surface area contributed by atoms with Crippen molar-refractivity contribution in [3.05, 3.63) is 75.6 Å². The largest absolute Gasteiger partial charge is 0.478 e. The van der Waals surface area contributed by atoms with Crippen LogP contribution in [-0.4, -0.2) is 30.8 Å². The summed E-state index contributed by atoms with van der Waals surface area (Å²) in [5.74, 6) is -1.53. The number of hydrogen-bond acceptors (Lipinski definition) is 5. The summed E-state index contributed by atoms with van der Waals surface area (Å²) < 4.78 is 21.3. The fraction of sp³-hybridized carbons (Fsp3) is 0.100. The molecule has 0 spiro atoms. The summed E-state index contributed by atoms with van der Waals surface area (Å²) in [6, 6.07) is 7.86. The van der Waals surface area contributed by atoms with Crippen molar-refractivity contribution in [2.24, 2.45) is 0 Å². The van der Waals surface area contributed by atoms with Crippen molar-refractivity contribution in [2.75, 3.05) is 0 Å². The molecule has 0 aliphatic heterocycles. The maximum atomic E-state index is 14.6. The zero-order valence-electron chi connectivity index (χ0n) is 15.4. The van der Waals surface area contributed by atoms with Crippen LogP contribution in [0.25, 0.3) is 16.9 Å². The number of aryl methyl sites for hydroxylation is 2. The molecule has 8 nitrogen and oxygen atoms in total. The number of H-pyrrole nitrogens is 1. The molecule has 146 valence electrons. The summed E-state index contributed by atoms with van der Waals surface area (Å²) in [6.07, 6.45) is 2.31. The molecule has 0 atom stereocenters. The van der Waals surface area contributed by atoms with E-state index in [0.717, 1.165) is 28.1 Å². The first-order valence-corrected chi connectivity index (χ1v) is 8.58. The first-order valence-electron chi connectivity index (χ1n) is 8.58. The molecule has 0 saturated carbocycles. The molecule has 4 rings (SSSR count). The average molecular weight is 394 g/mol. The first kappa shape index (κ1) is 18.4. The summed E-state index contributed by atoms with van der Waals surface area (Å²) in [6.45, 7) is 3.80. The Morgan fingerprint density at radius 3 is 2.55 bits per heavy atom. The zero-order valence-corrected chi connectivity index (χ0v) is 15.4. The number of fused-ring (bicyclic) bond motifs is 1. The van der Waals surface area contributed by atoms with Gasteiger partial charge in [-0.25, -0.2) is 18.9 Å². The molecular weight excluding hydrogens is 379 g/mol. The van der Waals surface area contributed by atoms with Crippen molar-refractivity contribution >= 4 is 16.9 Å². The number of rotatable bonds is 4. The van der Waals surface area contributed by atoms with Crippen molar-refractivity contribution in [3.8, 4) is 17.4 Å². The number of aromatic carboxylic acids is 1. The van der Waals surface area contributed by atoms with Crippen LogP contribution in [0.3, 0.4) is 0 Å². The van der Waals surface area contributed by atoms with Gasteiger partial charge in [-0.2, -0.15) is 5.10 Å². The van der Waals surface area contributed by atoms with Crippen LogP contribution >= 0.6 is 0 Å². The number of aromatic nitrogens is 4. The van der Waals surface area contributed by atoms with Crippen molar-refractivity contribution < 1.29 is 19.0 Å². The zero-order chi connectivity index (χ0) is 20.7. The summed E-state index contributed by atoms with van der Waals surface area (Å²) in [5.41, 5.74) is 1.40. The smallest absolute Gasteiger partial charge is 0.338 e. The highest BCUT2D eigenvalue weighted by molar-refractivity contribution is 5.87. The molecule has 2 aromatic carbocycles. The molecule has 0 amide bonds. The SMILES string of the molecule is Cc1cc(C)cc(Oc2cc3c(=O)[nH]c(-n4cc(C(=O)O)cn4)nc3cc2F)c1. The summed E-state index contributed by atoms with van der Waals surface area (Å²) in [4.78, 5) is 30.2. The van der Waals surface area contributed by atoms with Crippen LogP contribution in [0, 0.1) is 19.7 Å². The third-order valence-corrected chi connectivity index (χ3v) is 4.22. The molecule has 0 saturated heterocycles. The van der Waals surface area contributed by atoms with Gasteiger partial charge in [0.05, 0.1) is 22.7 Å². The number of carboxylic acid groups (broad SMARTS) is 1. The van der Waals surface area contributed by atoms with Gasteiger partial charge < -0.3 is 9.84 Å². The molecule has 2 heterocycles. The lowest BCUT2D eigenvalue weighted by Gasteiger charge is -2.10. The Bertz CT molecular complexity index is 1310. The van der Waals surface area contributed by atoms with Gasteiger partial charge in [0.2, 0.25) is 5.95 Å². The van der Waals surface area contributed by atoms with E-state index >= 15 is 0 Å². The molecule has 2 N–H and O–H groups in total. The number of nitrogens with zero attached hydrogens (tertiary/aromatic N) is 3. The monoisotopic (exact) mass is 394 g/mol. The van der Waals surface area contributed by atoms with Crippen molar-refractivity contribution in [1.82, 2.24) is 19.7 Å². The highest BCUT2D eigenvalue weighted by atomic mass is 19.1. The standard InChI is InChI=1S/C20H15FN4O4/c1-10-3-11(2)5-13(4-10)29-17-6-14-16(7-15(17)21)23-20(24-18(14)26)25-9-12(8-22-25)19(27)28/h3-9H,1-2H3,(H,27,28)(H,23,24,26). The van der Waals surface area contributed by atoms with Crippen LogP contribution in [0.5, 0.6) is 11.5 Å². The van der Waals surface area contributed by atoms with E-state index in [2.05, 4.69) is 15.1 Å². The highest BCUT2D eigenvalue weighted by Crippen LogP contribution is 2.28. The second-order valence-electron chi connectivity index (χ2n) is 6.59. The molecule has 29 heavy (non-hydrogen) atoms. The number of carbonyl (C=O) groups is 1. The molecule has 0 radical (unpaired) electrons. The van der Waals surface area contributed by atoms with E-state index < -0.39 is 17.3 Å². The maximum Gasteiger partial charge on any atom is 0.338 e. The summed E-state index contributed by atoms with van der Waals surface area (Å²) >= 11 is 0. The fourth-order valence-corrected chi connectivity index (χ4v) is 2.98. The molecule has 2 aromatic heterocycles. The van der Waals surface area contributed by atoms with E-state index in [1.54, 1.807) is 12.1 Å². The van der Waals surface area contributed by atoms with E-state index in [-0.39, 0.29) is 28.2 Å². The molecule has 0 aliphatic carbocycles. The summed E-state index contributed by atoms with van der Waals surface area (Å²) in [7, 11) is 0. The van der Waals surface area contributed by atoms with E-state index in [1.165, 1.54) is 12.3 Å². The van der Waals surface area contributed by atoms with Gasteiger partial charge in [-0.1, -0.05) is 6.07 Å². The number of halogens is 1. The van der Waals surface area contributed by atoms with E-state index in [0.29, 0.717) is 5.75 Å². The highest BCUT2D eigenvalue weighted by Gasteiger charge is 2.14. The topological polar surface area (TPSA) is 110 Å². The molecule has 0 fully saturated rings. The number of hydrogen-bond donors (Lipinski definition) is 2. The Morgan fingerprint density at radius 1 is 1.17 bits per heavy atom. The Hall–Kier alpha value is -4.01. The predicted molar refractivity (Wildman–Crippen MR) is 102 cm³/mol. The van der Waals surface area contributed by atoms with E-state index in [1.807, 2.05) is 19.9 Å². The van der Waals surface area contributed by atoms with Gasteiger partial charge in [-0.05, 0) is 43.2 Å². The Morgan fingerprint density at radius 2 is 1.90 bits per heavy atom. The normalized spacial score (nSPS) is 11.0. The lowest BCUT2D eigenvalue weighted by Crippen LogP contribution is -2.14. The van der Waals surface area contributed by atoms with Crippen molar-refractivity contribution in [2.45, 2.75) is 13.8 Å². The maximum absolute atomic E-state index is 14.6. The summed E-state index contributed by atoms with van der Waals surface area (Å²) in [5, 5.41) is 13.0. The van der Waals surface area contributed by atoms with Crippen LogP contribution in [-0.2, 0) is 0 Å². The Kier molecular flexibility index (Phi) is 4.34. The van der Waals surface area contributed by atoms with Crippen molar-refractivity contribution in [3.63, 3.8) is 0 Å². The number of aromatic amines is 1. The predicted octanol–water partition coefficient (Wildman–Crippen LogP) is 3.36. The molecule has 4 aromatic rings. The van der Waals surface area contributed by atoms with Gasteiger partial charge in [0.15, 0.2) is 11.6 Å². The second-order valence-corrected chi connectivity index (χ2v) is 6.59. The third-order valence-electron chi connectivity index (χ3n) is 4.22. The van der Waals surface area contributed by atoms with Crippen molar-refractivity contribution in [1.29, 1.82) is 0 Å². The lowest BCUT2D eigenvalue weighted by molar-refractivity contribution is 0.0697. The average Bonchev–Trinajstić information content (AvgIpc) is 3.12. The third kappa shape index (κ3) is 3.57. The van der Waals surface area contributed by atoms with Gasteiger partial charge in [-0.3, -0.25) is 9.78 Å². The van der Waals surface area contributed by atoms with E-state index in [4.69, 9.17) is 9.84 Å². The lowest BCUT2D eigenvalue weighted by atomic mass is 10.1. The fourth-order valence-electron chi connectivity index (χ4n) is 2.98. The molecule has 0 bridgehead atoms. The van der Waals surface area contributed by atoms with Crippen LogP contribution in [0.15, 0.2) is 47.5 Å². The second kappa shape index (κ2) is 6.86. The number of benzene rings is 2. The number of ether oxygens (including phenoxy) is 1. The van der Waals surface area contributed by atoms with Gasteiger partial charge in [-0.15, -0.1) is 0 Å². The van der Waals surface area contributed by atoms with Crippen LogP contribution in [0.2, 0.25) is 0 Å². The van der Waals surface area contributed by atoms with Gasteiger partial charge >= 0.3 is 5.97 Å². The molecule has 0 unspecified atom stereocenters. The number of carboxylic acids is 1. The van der Waals surface area contributed by atoms with Crippen LogP contribution in [0.1, 0.15) is 21.5 Å². The minimum atomic E-state index is -1.17. The molecular formula is C20H15FN4O4. The Labute approximate surface area is 163 Å². The van der Waals surface area contributed by atoms with Gasteiger partial charge in [0, 0.05) is 12.3 Å². The van der Waals surface area contributed by atoms with E-state index in [9.17, 15) is 14.0 Å². The number of nitrogens with one attached hydrogen (secondary N) is 1. The Balaban J connectivity index is 1.77. The minimum Gasteiger partial charge on any atom is -0.478 e. The quantitative estimate of drug-likeness (QED) is 0.549. The minimum absolute atomic E-state index is 0.0302. The molecule has 9 heteroatoms. The van der Waals surface area contributed by atoms with Crippen LogP contribution in [0.4, 0.5) is 4.39 Å². The first-order chi connectivity index (χ1) is 13.8. The van der Waals surface area contributed by atoms with Gasteiger partial charge in [0.1, 0.15) is 5.75 Å². The van der Waals surface area contributed by atoms with Gasteiger partial charge in [0.25, 0.3) is 5.56 Å². The molecule has 0 aliphatic rings.